The summed E-state index contributed by atoms with van der Waals surface area (Å²) in [5.41, 5.74) is 1.16. The van der Waals surface area contributed by atoms with E-state index in [0.29, 0.717) is 21.1 Å². The van der Waals surface area contributed by atoms with Crippen LogP contribution < -0.4 is 10.5 Å². The number of anilines is 1. The monoisotopic (exact) mass is 379 g/mol. The lowest BCUT2D eigenvalue weighted by atomic mass is 10.1. The summed E-state index contributed by atoms with van der Waals surface area (Å²) >= 11 is 2.35. The van der Waals surface area contributed by atoms with Crippen LogP contribution in [0.15, 0.2) is 46.8 Å². The van der Waals surface area contributed by atoms with Gasteiger partial charge in [-0.3, -0.25) is 10.1 Å². The minimum absolute atomic E-state index is 0.0593. The number of aryl methyl sites for hydroxylation is 1. The van der Waals surface area contributed by atoms with E-state index < -0.39 is 15.9 Å². The molecule has 0 unspecified atom stereocenters. The van der Waals surface area contributed by atoms with Gasteiger partial charge in [0.05, 0.1) is 0 Å². The van der Waals surface area contributed by atoms with Crippen LogP contribution in [0.5, 0.6) is 0 Å². The van der Waals surface area contributed by atoms with Gasteiger partial charge in [-0.25, -0.2) is 18.5 Å². The molecular formula is C15H13N3O3S3. The molecule has 0 bridgehead atoms. The molecule has 3 N–H and O–H groups in total. The van der Waals surface area contributed by atoms with E-state index >= 15 is 0 Å². The number of thiazole rings is 1. The van der Waals surface area contributed by atoms with Crippen LogP contribution in [0.4, 0.5) is 5.13 Å². The normalized spacial score (nSPS) is 11.4. The third-order valence-electron chi connectivity index (χ3n) is 3.25. The number of hydrogen-bond acceptors (Lipinski definition) is 6. The highest BCUT2D eigenvalue weighted by atomic mass is 32.2. The van der Waals surface area contributed by atoms with Crippen LogP contribution in [-0.4, -0.2) is 19.3 Å². The summed E-state index contributed by atoms with van der Waals surface area (Å²) in [5, 5.41) is 10.1. The SMILES string of the molecule is Cc1sc(C(=O)Nc2nccs2)c(S(N)(=O)=O)c1-c1ccccc1. The van der Waals surface area contributed by atoms with Crippen molar-refractivity contribution in [1.82, 2.24) is 4.98 Å². The molecule has 9 heteroatoms. The number of thiophene rings is 1. The Morgan fingerprint density at radius 3 is 2.54 bits per heavy atom. The first-order valence-electron chi connectivity index (χ1n) is 6.80. The van der Waals surface area contributed by atoms with E-state index in [2.05, 4.69) is 10.3 Å². The molecule has 6 nitrogen and oxygen atoms in total. The predicted octanol–water partition coefficient (Wildman–Crippen LogP) is 3.08. The van der Waals surface area contributed by atoms with Gasteiger partial charge in [-0.2, -0.15) is 0 Å². The van der Waals surface area contributed by atoms with Crippen LogP contribution in [0.2, 0.25) is 0 Å². The van der Waals surface area contributed by atoms with Crippen molar-refractivity contribution in [3.8, 4) is 11.1 Å². The van der Waals surface area contributed by atoms with Crippen molar-refractivity contribution >= 4 is 43.7 Å². The second-order valence-electron chi connectivity index (χ2n) is 4.89. The Bertz CT molecular complexity index is 978. The van der Waals surface area contributed by atoms with Gasteiger partial charge in [0, 0.05) is 22.0 Å². The molecular weight excluding hydrogens is 366 g/mol. The lowest BCUT2D eigenvalue weighted by Gasteiger charge is -2.06. The smallest absolute Gasteiger partial charge is 0.268 e. The van der Waals surface area contributed by atoms with E-state index in [-0.39, 0.29) is 9.77 Å². The molecule has 3 aromatic rings. The fourth-order valence-electron chi connectivity index (χ4n) is 2.32. The molecule has 0 aliphatic rings. The predicted molar refractivity (Wildman–Crippen MR) is 95.9 cm³/mol. The number of benzene rings is 1. The van der Waals surface area contributed by atoms with Crippen LogP contribution in [0.3, 0.4) is 0 Å². The molecule has 2 aromatic heterocycles. The van der Waals surface area contributed by atoms with E-state index in [1.165, 1.54) is 11.3 Å². The van der Waals surface area contributed by atoms with Crippen LogP contribution in [0.25, 0.3) is 11.1 Å². The molecule has 24 heavy (non-hydrogen) atoms. The van der Waals surface area contributed by atoms with Gasteiger partial charge in [0.25, 0.3) is 5.91 Å². The quantitative estimate of drug-likeness (QED) is 0.727. The number of sulfonamides is 1. The minimum atomic E-state index is -4.08. The Hall–Kier alpha value is -2.07. The highest BCUT2D eigenvalue weighted by molar-refractivity contribution is 7.89. The molecule has 124 valence electrons. The molecule has 0 atom stereocenters. The van der Waals surface area contributed by atoms with E-state index in [0.717, 1.165) is 11.3 Å². The first-order chi connectivity index (χ1) is 11.4. The average Bonchev–Trinajstić information content (AvgIpc) is 3.15. The van der Waals surface area contributed by atoms with E-state index in [1.54, 1.807) is 42.8 Å². The number of carbonyl (C=O) groups is 1. The third kappa shape index (κ3) is 3.24. The fourth-order valence-corrected chi connectivity index (χ4v) is 5.26. The minimum Gasteiger partial charge on any atom is -0.297 e. The Morgan fingerprint density at radius 2 is 1.96 bits per heavy atom. The van der Waals surface area contributed by atoms with Gasteiger partial charge in [0.2, 0.25) is 10.0 Å². The van der Waals surface area contributed by atoms with Crippen LogP contribution >= 0.6 is 22.7 Å². The van der Waals surface area contributed by atoms with Crippen LogP contribution in [0.1, 0.15) is 14.5 Å². The van der Waals surface area contributed by atoms with E-state index in [4.69, 9.17) is 5.14 Å². The number of amides is 1. The summed E-state index contributed by atoms with van der Waals surface area (Å²) < 4.78 is 24.3. The second-order valence-corrected chi connectivity index (χ2v) is 8.51. The van der Waals surface area contributed by atoms with Crippen molar-refractivity contribution in [2.45, 2.75) is 11.8 Å². The van der Waals surface area contributed by atoms with Crippen molar-refractivity contribution in [1.29, 1.82) is 0 Å². The Kier molecular flexibility index (Phi) is 4.50. The number of primary sulfonamides is 1. The summed E-state index contributed by atoms with van der Waals surface area (Å²) in [4.78, 5) is 17.1. The highest BCUT2D eigenvalue weighted by Gasteiger charge is 2.29. The van der Waals surface area contributed by atoms with Gasteiger partial charge < -0.3 is 0 Å². The average molecular weight is 379 g/mol. The summed E-state index contributed by atoms with van der Waals surface area (Å²) in [6.07, 6.45) is 1.55. The fraction of sp³-hybridized carbons (Fsp3) is 0.0667. The van der Waals surface area contributed by atoms with Gasteiger partial charge in [0.1, 0.15) is 9.77 Å². The molecule has 0 aliphatic heterocycles. The molecule has 0 saturated carbocycles. The van der Waals surface area contributed by atoms with Crippen LogP contribution in [0, 0.1) is 6.92 Å². The van der Waals surface area contributed by atoms with Gasteiger partial charge in [-0.15, -0.1) is 22.7 Å². The van der Waals surface area contributed by atoms with Gasteiger partial charge in [-0.05, 0) is 12.5 Å². The zero-order valence-corrected chi connectivity index (χ0v) is 15.0. The van der Waals surface area contributed by atoms with Gasteiger partial charge in [0.15, 0.2) is 5.13 Å². The lowest BCUT2D eigenvalue weighted by molar-refractivity contribution is 0.102. The second kappa shape index (κ2) is 6.44. The van der Waals surface area contributed by atoms with Gasteiger partial charge in [-0.1, -0.05) is 30.3 Å². The molecule has 3 rings (SSSR count). The van der Waals surface area contributed by atoms with E-state index in [1.807, 2.05) is 6.07 Å². The number of nitrogens with zero attached hydrogens (tertiary/aromatic N) is 1. The molecule has 0 spiro atoms. The Balaban J connectivity index is 2.16. The summed E-state index contributed by atoms with van der Waals surface area (Å²) in [6, 6.07) is 9.00. The number of aromatic nitrogens is 1. The first-order valence-corrected chi connectivity index (χ1v) is 10.0. The van der Waals surface area contributed by atoms with Crippen molar-refractivity contribution in [3.05, 3.63) is 51.7 Å². The maximum atomic E-state index is 12.5. The molecule has 0 radical (unpaired) electrons. The molecule has 0 fully saturated rings. The summed E-state index contributed by atoms with van der Waals surface area (Å²) in [5.74, 6) is -0.538. The molecule has 0 aliphatic carbocycles. The van der Waals surface area contributed by atoms with Gasteiger partial charge >= 0.3 is 0 Å². The van der Waals surface area contributed by atoms with Crippen LogP contribution in [-0.2, 0) is 10.0 Å². The Labute approximate surface area is 147 Å². The third-order valence-corrected chi connectivity index (χ3v) is 6.15. The molecule has 1 aromatic carbocycles. The maximum Gasteiger partial charge on any atom is 0.268 e. The lowest BCUT2D eigenvalue weighted by Crippen LogP contribution is -2.19. The summed E-state index contributed by atoms with van der Waals surface area (Å²) in [7, 11) is -4.08. The maximum absolute atomic E-state index is 12.5. The molecule has 2 heterocycles. The topological polar surface area (TPSA) is 102 Å². The molecule has 0 saturated heterocycles. The van der Waals surface area contributed by atoms with Crippen molar-refractivity contribution < 1.29 is 13.2 Å². The first kappa shape index (κ1) is 16.8. The van der Waals surface area contributed by atoms with Crippen molar-refractivity contribution in [3.63, 3.8) is 0 Å². The number of rotatable bonds is 4. The highest BCUT2D eigenvalue weighted by Crippen LogP contribution is 2.39. The zero-order valence-electron chi connectivity index (χ0n) is 12.5. The zero-order chi connectivity index (χ0) is 17.3. The van der Waals surface area contributed by atoms with Crippen molar-refractivity contribution in [2.24, 2.45) is 5.14 Å². The Morgan fingerprint density at radius 1 is 1.25 bits per heavy atom. The largest absolute Gasteiger partial charge is 0.297 e. The van der Waals surface area contributed by atoms with Crippen molar-refractivity contribution in [2.75, 3.05) is 5.32 Å². The number of carbonyl (C=O) groups excluding carboxylic acids is 1. The molecule has 1 amide bonds. The number of nitrogens with two attached hydrogens (primary N) is 1. The van der Waals surface area contributed by atoms with E-state index in [9.17, 15) is 13.2 Å². The number of nitrogens with one attached hydrogen (secondary N) is 1. The number of hydrogen-bond donors (Lipinski definition) is 2. The summed E-state index contributed by atoms with van der Waals surface area (Å²) in [6.45, 7) is 1.77. The standard InChI is InChI=1S/C15H13N3O3S3/c1-9-11(10-5-3-2-4-6-10)13(24(16,20)21)12(23-9)14(19)18-15-17-7-8-22-15/h2-8H,1H3,(H2,16,20,21)(H,17,18,19).